The van der Waals surface area contributed by atoms with Gasteiger partial charge in [-0.05, 0) is 88.2 Å². The highest BCUT2D eigenvalue weighted by atomic mass is 19.4. The Morgan fingerprint density at radius 2 is 1.02 bits per heavy atom. The van der Waals surface area contributed by atoms with Crippen LogP contribution in [-0.4, -0.2) is 9.13 Å². The second kappa shape index (κ2) is 12.1. The van der Waals surface area contributed by atoms with Gasteiger partial charge in [0, 0.05) is 27.1 Å². The van der Waals surface area contributed by atoms with Crippen molar-refractivity contribution in [2.75, 3.05) is 0 Å². The number of hydrogen-bond donors (Lipinski definition) is 0. The maximum atomic E-state index is 14.3. The lowest BCUT2D eigenvalue weighted by Crippen LogP contribution is -2.11. The molecule has 2 heterocycles. The number of fused-ring (bicyclic) bond motifs is 6. The first-order chi connectivity index (χ1) is 25.6. The Labute approximate surface area is 311 Å². The molecule has 8 aromatic rings. The first-order valence-corrected chi connectivity index (χ1v) is 17.9. The zero-order valence-electron chi connectivity index (χ0n) is 30.9. The average Bonchev–Trinajstić information content (AvgIpc) is 3.65. The van der Waals surface area contributed by atoms with Crippen LogP contribution in [0.15, 0.2) is 115 Å². The monoisotopic (exact) mass is 714 g/mol. The molecular weight excluding hydrogens is 678 g/mol. The summed E-state index contributed by atoms with van der Waals surface area (Å²) in [5.74, 6) is 0. The van der Waals surface area contributed by atoms with Gasteiger partial charge in [-0.2, -0.15) is 23.7 Å². The van der Waals surface area contributed by atoms with Crippen LogP contribution >= 0.6 is 0 Å². The zero-order valence-corrected chi connectivity index (χ0v) is 30.9. The van der Waals surface area contributed by atoms with Crippen molar-refractivity contribution >= 4 is 43.6 Å². The fourth-order valence-corrected chi connectivity index (χ4v) is 7.73. The Morgan fingerprint density at radius 3 is 1.54 bits per heavy atom. The summed E-state index contributed by atoms with van der Waals surface area (Å²) in [6, 6.07) is 40.1. The predicted molar refractivity (Wildman–Crippen MR) is 212 cm³/mol. The highest BCUT2D eigenvalue weighted by Crippen LogP contribution is 2.44. The molecule has 0 amide bonds. The van der Waals surface area contributed by atoms with Crippen molar-refractivity contribution in [3.63, 3.8) is 0 Å². The molecule has 0 aliphatic carbocycles. The van der Waals surface area contributed by atoms with Crippen LogP contribution < -0.4 is 0 Å². The van der Waals surface area contributed by atoms with E-state index in [1.54, 1.807) is 6.07 Å². The smallest absolute Gasteiger partial charge is 0.308 e. The molecule has 8 rings (SSSR count). The number of benzene rings is 6. The Bertz CT molecular complexity index is 2910. The molecule has 0 radical (unpaired) electrons. The lowest BCUT2D eigenvalue weighted by Gasteiger charge is -2.22. The summed E-state index contributed by atoms with van der Waals surface area (Å²) < 4.78 is 47.1. The van der Waals surface area contributed by atoms with Gasteiger partial charge in [0.1, 0.15) is 11.6 Å². The highest BCUT2D eigenvalue weighted by molar-refractivity contribution is 6.12. The van der Waals surface area contributed by atoms with Gasteiger partial charge in [-0.3, -0.25) is 0 Å². The molecule has 0 unspecified atom stereocenters. The van der Waals surface area contributed by atoms with E-state index in [4.69, 9.17) is 0 Å². The van der Waals surface area contributed by atoms with E-state index in [-0.39, 0.29) is 27.5 Å². The van der Waals surface area contributed by atoms with E-state index in [0.29, 0.717) is 16.9 Å². The van der Waals surface area contributed by atoms with Crippen molar-refractivity contribution in [3.8, 4) is 34.6 Å². The molecule has 0 saturated heterocycles. The Morgan fingerprint density at radius 1 is 0.500 bits per heavy atom. The Hall–Kier alpha value is -6.31. The maximum Gasteiger partial charge on any atom is 0.416 e. The molecule has 2 aromatic heterocycles. The Balaban J connectivity index is 1.55. The minimum absolute atomic E-state index is 0.0966. The lowest BCUT2D eigenvalue weighted by atomic mass is 9.86. The molecule has 0 atom stereocenters. The quantitative estimate of drug-likeness (QED) is 0.183. The standard InChI is InChI=1S/C47H37F3N4/c1-45(2,3)30-15-18-41-36(24-30)34-11-7-9-13-39(34)53(41)43-20-17-33(29-21-28(26-51)22-32(23-29)47(48,49)50)44(38(43)27-52)54-40-14-10-8-12-35(40)37-25-31(46(4,5)6)16-19-42(37)54/h7-25H,1-6H3. The number of alkyl halides is 3. The SMILES string of the molecule is CC(C)(C)c1ccc2c(c1)c1ccccc1n2-c1ccc(-c2cc(C#N)cc(C(F)(F)F)c2)c(-n2c3ccccc3c3cc(C(C)(C)C)ccc32)c1C#N. The lowest BCUT2D eigenvalue weighted by molar-refractivity contribution is -0.137. The minimum atomic E-state index is -4.69. The number of halogens is 3. The van der Waals surface area contributed by atoms with E-state index in [2.05, 4.69) is 88.6 Å². The van der Waals surface area contributed by atoms with Gasteiger partial charge >= 0.3 is 6.18 Å². The van der Waals surface area contributed by atoms with E-state index in [0.717, 1.165) is 61.3 Å². The molecule has 54 heavy (non-hydrogen) atoms. The topological polar surface area (TPSA) is 57.4 Å². The number of aromatic nitrogens is 2. The van der Waals surface area contributed by atoms with E-state index >= 15 is 0 Å². The van der Waals surface area contributed by atoms with Gasteiger partial charge in [0.05, 0.1) is 50.6 Å². The van der Waals surface area contributed by atoms with Crippen LogP contribution in [0.2, 0.25) is 0 Å². The minimum Gasteiger partial charge on any atom is -0.308 e. The maximum absolute atomic E-state index is 14.3. The van der Waals surface area contributed by atoms with Gasteiger partial charge in [-0.15, -0.1) is 0 Å². The molecule has 7 heteroatoms. The number of para-hydroxylation sites is 2. The predicted octanol–water partition coefficient (Wildman–Crippen LogP) is 12.9. The fourth-order valence-electron chi connectivity index (χ4n) is 7.73. The normalized spacial score (nSPS) is 12.5. The summed E-state index contributed by atoms with van der Waals surface area (Å²) in [6.45, 7) is 13.0. The van der Waals surface area contributed by atoms with Gasteiger partial charge in [0.15, 0.2) is 0 Å². The summed E-state index contributed by atoms with van der Waals surface area (Å²) >= 11 is 0. The van der Waals surface area contributed by atoms with Gasteiger partial charge < -0.3 is 9.13 Å². The molecule has 0 spiro atoms. The molecule has 6 aromatic carbocycles. The van der Waals surface area contributed by atoms with Gasteiger partial charge in [-0.1, -0.05) is 96.1 Å². The summed E-state index contributed by atoms with van der Waals surface area (Å²) in [5.41, 5.74) is 6.33. The fraction of sp³-hybridized carbons (Fsp3) is 0.191. The van der Waals surface area contributed by atoms with Gasteiger partial charge in [-0.25, -0.2) is 0 Å². The first-order valence-electron chi connectivity index (χ1n) is 17.9. The van der Waals surface area contributed by atoms with Crippen molar-refractivity contribution in [1.29, 1.82) is 10.5 Å². The summed E-state index contributed by atoms with van der Waals surface area (Å²) in [5, 5.41) is 25.2. The number of rotatable bonds is 3. The van der Waals surface area contributed by atoms with Crippen LogP contribution in [0.1, 0.15) is 69.4 Å². The first kappa shape index (κ1) is 34.8. The van der Waals surface area contributed by atoms with Crippen molar-refractivity contribution in [2.24, 2.45) is 0 Å². The van der Waals surface area contributed by atoms with Crippen molar-refractivity contribution in [2.45, 2.75) is 58.5 Å². The van der Waals surface area contributed by atoms with Crippen LogP contribution in [0, 0.1) is 22.7 Å². The molecule has 0 aliphatic heterocycles. The summed E-state index contributed by atoms with van der Waals surface area (Å²) in [4.78, 5) is 0. The molecule has 0 saturated carbocycles. The Kier molecular flexibility index (Phi) is 7.80. The zero-order chi connectivity index (χ0) is 38.3. The molecule has 4 nitrogen and oxygen atoms in total. The number of nitriles is 2. The molecule has 0 bridgehead atoms. The van der Waals surface area contributed by atoms with E-state index < -0.39 is 11.7 Å². The van der Waals surface area contributed by atoms with Gasteiger partial charge in [0.25, 0.3) is 0 Å². The third-order valence-corrected chi connectivity index (χ3v) is 10.5. The summed E-state index contributed by atoms with van der Waals surface area (Å²) in [7, 11) is 0. The number of hydrogen-bond acceptors (Lipinski definition) is 2. The summed E-state index contributed by atoms with van der Waals surface area (Å²) in [6.07, 6.45) is -4.69. The molecular formula is C47H37F3N4. The molecule has 266 valence electrons. The van der Waals surface area contributed by atoms with Crippen LogP contribution in [0.3, 0.4) is 0 Å². The number of nitrogens with zero attached hydrogens (tertiary/aromatic N) is 4. The third-order valence-electron chi connectivity index (χ3n) is 10.5. The van der Waals surface area contributed by atoms with Crippen molar-refractivity contribution in [3.05, 3.63) is 143 Å². The third kappa shape index (κ3) is 5.51. The second-order valence-electron chi connectivity index (χ2n) is 16.0. The van der Waals surface area contributed by atoms with E-state index in [1.807, 2.05) is 65.2 Å². The second-order valence-corrected chi connectivity index (χ2v) is 16.0. The molecule has 0 N–H and O–H groups in total. The van der Waals surface area contributed by atoms with Crippen LogP contribution in [0.4, 0.5) is 13.2 Å². The highest BCUT2D eigenvalue weighted by Gasteiger charge is 2.32. The van der Waals surface area contributed by atoms with Crippen LogP contribution in [0.5, 0.6) is 0 Å². The van der Waals surface area contributed by atoms with E-state index in [1.165, 1.54) is 11.6 Å². The largest absolute Gasteiger partial charge is 0.416 e. The van der Waals surface area contributed by atoms with Crippen molar-refractivity contribution in [1.82, 2.24) is 9.13 Å². The molecule has 0 aliphatic rings. The van der Waals surface area contributed by atoms with Gasteiger partial charge in [0.2, 0.25) is 0 Å². The molecule has 0 fully saturated rings. The van der Waals surface area contributed by atoms with Crippen LogP contribution in [-0.2, 0) is 17.0 Å². The van der Waals surface area contributed by atoms with Crippen molar-refractivity contribution < 1.29 is 13.2 Å². The van der Waals surface area contributed by atoms with Crippen LogP contribution in [0.25, 0.3) is 66.1 Å². The average molecular weight is 715 g/mol. The van der Waals surface area contributed by atoms with E-state index in [9.17, 15) is 23.7 Å².